The van der Waals surface area contributed by atoms with Crippen LogP contribution in [0.5, 0.6) is 0 Å². The van der Waals surface area contributed by atoms with Crippen LogP contribution in [0, 0.1) is 6.92 Å². The second-order valence-electron chi connectivity index (χ2n) is 14.5. The Hall–Kier alpha value is -6.77. The molecule has 7 aromatic carbocycles. The molecular weight excluding hydrogens is 677 g/mol. The molecule has 0 saturated heterocycles. The molecule has 7 aromatic rings. The summed E-state index contributed by atoms with van der Waals surface area (Å²) in [5.74, 6) is 0.502. The first kappa shape index (κ1) is 36.2. The number of nitrogens with zero attached hydrogens (tertiary/aromatic N) is 1. The summed E-state index contributed by atoms with van der Waals surface area (Å²) in [6.07, 6.45) is 9.69. The van der Waals surface area contributed by atoms with Crippen LogP contribution in [0.1, 0.15) is 47.6 Å². The number of aryl methyl sites for hydroxylation is 1. The molecule has 0 heterocycles. The summed E-state index contributed by atoms with van der Waals surface area (Å²) in [7, 11) is 0. The van der Waals surface area contributed by atoms with Crippen molar-refractivity contribution in [1.29, 1.82) is 0 Å². The molecule has 0 amide bonds. The fraction of sp³-hybridized carbons (Fsp3) is 0.0926. The van der Waals surface area contributed by atoms with Crippen molar-refractivity contribution in [2.75, 3.05) is 0 Å². The van der Waals surface area contributed by atoms with Gasteiger partial charge in [0.2, 0.25) is 0 Å². The van der Waals surface area contributed by atoms with E-state index in [1.165, 1.54) is 72.3 Å². The Morgan fingerprint density at radius 2 is 1.09 bits per heavy atom. The lowest BCUT2D eigenvalue weighted by Crippen LogP contribution is -2.13. The number of benzene rings is 7. The van der Waals surface area contributed by atoms with Gasteiger partial charge in [-0.05, 0) is 106 Å². The highest BCUT2D eigenvalue weighted by Crippen LogP contribution is 2.41. The molecule has 8 rings (SSSR count). The molecule has 0 fully saturated rings. The zero-order valence-corrected chi connectivity index (χ0v) is 32.1. The number of rotatable bonds is 10. The van der Waals surface area contributed by atoms with Crippen molar-refractivity contribution in [1.82, 2.24) is 0 Å². The molecule has 2 heteroatoms. The predicted octanol–water partition coefficient (Wildman–Crippen LogP) is 13.8. The van der Waals surface area contributed by atoms with Gasteiger partial charge in [-0.2, -0.15) is 0 Å². The zero-order chi connectivity index (χ0) is 38.3. The largest absolute Gasteiger partial charge is 0.383 e. The molecule has 0 atom stereocenters. The molecule has 56 heavy (non-hydrogen) atoms. The van der Waals surface area contributed by atoms with Crippen molar-refractivity contribution in [3.8, 4) is 44.5 Å². The summed E-state index contributed by atoms with van der Waals surface area (Å²) in [6, 6.07) is 62.5. The molecule has 2 nitrogen and oxygen atoms in total. The normalized spacial score (nSPS) is 13.2. The van der Waals surface area contributed by atoms with E-state index in [0.717, 1.165) is 29.7 Å². The molecule has 1 aliphatic rings. The van der Waals surface area contributed by atoms with Gasteiger partial charge in [-0.15, -0.1) is 0 Å². The standard InChI is InChI=1S/C54H46N2/c1-38-18-9-10-25-45(38)46-34-33-44(36-39(46)2)53(56-54(55)42-22-7-4-8-23-42)35-32-40-19-17-24-43(37-40)48-27-12-14-29-50(48)52-31-16-15-30-51(52)49-28-13-11-26-47(49)41-20-5-3-6-21-41/h3-8,10-17,19-31,33-37H,9,18,32H2,1-2H3,(H2,55,56)/b53-35-. The summed E-state index contributed by atoms with van der Waals surface area (Å²) in [4.78, 5) is 5.06. The van der Waals surface area contributed by atoms with Crippen LogP contribution in [0.3, 0.4) is 0 Å². The van der Waals surface area contributed by atoms with Crippen LogP contribution in [0.25, 0.3) is 55.8 Å². The molecule has 0 bridgehead atoms. The van der Waals surface area contributed by atoms with E-state index in [1.54, 1.807) is 0 Å². The third-order valence-corrected chi connectivity index (χ3v) is 10.8. The summed E-state index contributed by atoms with van der Waals surface area (Å²) in [5, 5.41) is 0. The van der Waals surface area contributed by atoms with Crippen LogP contribution < -0.4 is 5.73 Å². The Morgan fingerprint density at radius 3 is 1.71 bits per heavy atom. The van der Waals surface area contributed by atoms with Crippen molar-refractivity contribution in [3.63, 3.8) is 0 Å². The average Bonchev–Trinajstić information content (AvgIpc) is 3.26. The minimum absolute atomic E-state index is 0.502. The zero-order valence-electron chi connectivity index (χ0n) is 32.1. The van der Waals surface area contributed by atoms with Crippen molar-refractivity contribution >= 4 is 17.1 Å². The van der Waals surface area contributed by atoms with E-state index in [0.29, 0.717) is 12.3 Å². The Kier molecular flexibility index (Phi) is 10.8. The average molecular weight is 723 g/mol. The molecule has 0 radical (unpaired) electrons. The van der Waals surface area contributed by atoms with Gasteiger partial charge in [0.1, 0.15) is 5.84 Å². The van der Waals surface area contributed by atoms with E-state index in [2.05, 4.69) is 178 Å². The molecular formula is C54H46N2. The highest BCUT2D eigenvalue weighted by molar-refractivity contribution is 6.01. The van der Waals surface area contributed by atoms with Crippen molar-refractivity contribution in [3.05, 3.63) is 228 Å². The first-order valence-electron chi connectivity index (χ1n) is 19.5. The maximum absolute atomic E-state index is 6.67. The molecule has 272 valence electrons. The van der Waals surface area contributed by atoms with Crippen LogP contribution in [0.4, 0.5) is 0 Å². The molecule has 1 aliphatic carbocycles. The Labute approximate surface area is 331 Å². The van der Waals surface area contributed by atoms with E-state index >= 15 is 0 Å². The van der Waals surface area contributed by atoms with Crippen molar-refractivity contribution in [2.45, 2.75) is 33.1 Å². The molecule has 2 N–H and O–H groups in total. The monoisotopic (exact) mass is 722 g/mol. The fourth-order valence-electron chi connectivity index (χ4n) is 7.84. The fourth-order valence-corrected chi connectivity index (χ4v) is 7.84. The minimum atomic E-state index is 0.502. The molecule has 0 saturated carbocycles. The summed E-state index contributed by atoms with van der Waals surface area (Å²) in [6.45, 7) is 4.45. The van der Waals surface area contributed by atoms with Gasteiger partial charge in [0.25, 0.3) is 0 Å². The minimum Gasteiger partial charge on any atom is -0.383 e. The van der Waals surface area contributed by atoms with Gasteiger partial charge in [-0.3, -0.25) is 0 Å². The van der Waals surface area contributed by atoms with E-state index in [4.69, 9.17) is 10.7 Å². The number of amidine groups is 1. The number of aliphatic imine (C=N–C) groups is 1. The summed E-state index contributed by atoms with van der Waals surface area (Å²) in [5.41, 5.74) is 25.6. The third kappa shape index (κ3) is 7.87. The van der Waals surface area contributed by atoms with Crippen molar-refractivity contribution in [2.24, 2.45) is 10.7 Å². The number of nitrogens with two attached hydrogens (primary N) is 1. The predicted molar refractivity (Wildman–Crippen MR) is 239 cm³/mol. The molecule has 0 aromatic heterocycles. The second kappa shape index (κ2) is 16.7. The quantitative estimate of drug-likeness (QED) is 0.111. The van der Waals surface area contributed by atoms with Crippen LogP contribution in [0.15, 0.2) is 205 Å². The molecule has 0 unspecified atom stereocenters. The number of allylic oxidation sites excluding steroid dienone is 5. The topological polar surface area (TPSA) is 38.4 Å². The summed E-state index contributed by atoms with van der Waals surface area (Å²) >= 11 is 0. The maximum Gasteiger partial charge on any atom is 0.131 e. The van der Waals surface area contributed by atoms with Crippen LogP contribution >= 0.6 is 0 Å². The lowest BCUT2D eigenvalue weighted by molar-refractivity contribution is 0.967. The molecule has 0 aliphatic heterocycles. The van der Waals surface area contributed by atoms with Gasteiger partial charge in [0.05, 0.1) is 5.70 Å². The number of hydrogen-bond donors (Lipinski definition) is 1. The van der Waals surface area contributed by atoms with E-state index in [9.17, 15) is 0 Å². The Balaban J connectivity index is 1.16. The highest BCUT2D eigenvalue weighted by Gasteiger charge is 2.16. The molecule has 0 spiro atoms. The third-order valence-electron chi connectivity index (χ3n) is 10.8. The second-order valence-corrected chi connectivity index (χ2v) is 14.5. The number of hydrogen-bond acceptors (Lipinski definition) is 1. The van der Waals surface area contributed by atoms with Gasteiger partial charge in [0.15, 0.2) is 0 Å². The maximum atomic E-state index is 6.67. The summed E-state index contributed by atoms with van der Waals surface area (Å²) < 4.78 is 0. The Morgan fingerprint density at radius 1 is 0.536 bits per heavy atom. The van der Waals surface area contributed by atoms with Crippen LogP contribution in [-0.4, -0.2) is 5.84 Å². The first-order chi connectivity index (χ1) is 27.5. The lowest BCUT2D eigenvalue weighted by atomic mass is 9.86. The van der Waals surface area contributed by atoms with Crippen molar-refractivity contribution < 1.29 is 0 Å². The Bertz CT molecular complexity index is 2620. The van der Waals surface area contributed by atoms with Gasteiger partial charge in [-0.1, -0.05) is 194 Å². The van der Waals surface area contributed by atoms with E-state index in [-0.39, 0.29) is 0 Å². The lowest BCUT2D eigenvalue weighted by Gasteiger charge is -2.17. The smallest absolute Gasteiger partial charge is 0.131 e. The van der Waals surface area contributed by atoms with Crippen LogP contribution in [-0.2, 0) is 6.42 Å². The first-order valence-corrected chi connectivity index (χ1v) is 19.5. The van der Waals surface area contributed by atoms with E-state index < -0.39 is 0 Å². The van der Waals surface area contributed by atoms with Gasteiger partial charge < -0.3 is 5.73 Å². The van der Waals surface area contributed by atoms with Gasteiger partial charge in [0, 0.05) is 11.1 Å². The SMILES string of the molecule is CC1=C(c2ccc(C(=C/Cc3cccc(-c4ccccc4-c4ccccc4-c4ccccc4-c4ccccc4)c3)/N=C(\N)c3ccccc3)cc2C)C=CCC1. The van der Waals surface area contributed by atoms with E-state index in [1.807, 2.05) is 30.3 Å². The van der Waals surface area contributed by atoms with Gasteiger partial charge in [-0.25, -0.2) is 4.99 Å². The highest BCUT2D eigenvalue weighted by atomic mass is 14.9. The van der Waals surface area contributed by atoms with Crippen LogP contribution in [0.2, 0.25) is 0 Å². The van der Waals surface area contributed by atoms with Gasteiger partial charge >= 0.3 is 0 Å².